The number of aromatic nitrogens is 2. The summed E-state index contributed by atoms with van der Waals surface area (Å²) in [5.41, 5.74) is 0.899. The van der Waals surface area contributed by atoms with Crippen molar-refractivity contribution in [1.29, 1.82) is 0 Å². The molecule has 0 unspecified atom stereocenters. The van der Waals surface area contributed by atoms with Crippen molar-refractivity contribution in [2.24, 2.45) is 5.92 Å². The van der Waals surface area contributed by atoms with Crippen LogP contribution in [0, 0.1) is 18.3 Å². The van der Waals surface area contributed by atoms with E-state index in [1.165, 1.54) is 19.3 Å². The Morgan fingerprint density at radius 3 is 3.17 bits per heavy atom. The molecule has 0 radical (unpaired) electrons. The third-order valence-electron chi connectivity index (χ3n) is 2.31. The maximum atomic E-state index is 5.31. The van der Waals surface area contributed by atoms with Crippen molar-refractivity contribution in [1.82, 2.24) is 9.78 Å². The first kappa shape index (κ1) is 7.42. The predicted molar refractivity (Wildman–Crippen MR) is 47.5 cm³/mol. The standard InChI is InChI=1S/C10H12N2/c1-2-10-5-7-11-12(10)8-6-9-3-4-9/h1,5,7,9H,3-4,6,8H2. The molecule has 1 heterocycles. The third-order valence-corrected chi connectivity index (χ3v) is 2.31. The normalized spacial score (nSPS) is 15.9. The van der Waals surface area contributed by atoms with Gasteiger partial charge < -0.3 is 0 Å². The third kappa shape index (κ3) is 1.50. The zero-order valence-corrected chi connectivity index (χ0v) is 7.03. The topological polar surface area (TPSA) is 17.8 Å². The monoisotopic (exact) mass is 160 g/mol. The van der Waals surface area contributed by atoms with Crippen LogP contribution in [0.25, 0.3) is 0 Å². The molecular formula is C10H12N2. The van der Waals surface area contributed by atoms with Crippen LogP contribution in [0.3, 0.4) is 0 Å². The van der Waals surface area contributed by atoms with Crippen LogP contribution in [0.15, 0.2) is 12.3 Å². The Kier molecular flexibility index (Phi) is 1.87. The molecule has 2 nitrogen and oxygen atoms in total. The molecule has 0 atom stereocenters. The number of aryl methyl sites for hydroxylation is 1. The van der Waals surface area contributed by atoms with E-state index >= 15 is 0 Å². The van der Waals surface area contributed by atoms with Crippen molar-refractivity contribution in [2.75, 3.05) is 0 Å². The number of hydrogen-bond donors (Lipinski definition) is 0. The van der Waals surface area contributed by atoms with Crippen LogP contribution in [0.5, 0.6) is 0 Å². The summed E-state index contributed by atoms with van der Waals surface area (Å²) in [5, 5.41) is 4.16. The first-order chi connectivity index (χ1) is 5.90. The van der Waals surface area contributed by atoms with Crippen molar-refractivity contribution >= 4 is 0 Å². The number of nitrogens with zero attached hydrogens (tertiary/aromatic N) is 2. The van der Waals surface area contributed by atoms with Gasteiger partial charge in [0.25, 0.3) is 0 Å². The molecule has 1 fully saturated rings. The van der Waals surface area contributed by atoms with E-state index in [0.29, 0.717) is 0 Å². The van der Waals surface area contributed by atoms with E-state index in [-0.39, 0.29) is 0 Å². The minimum absolute atomic E-state index is 0.899. The maximum Gasteiger partial charge on any atom is 0.110 e. The summed E-state index contributed by atoms with van der Waals surface area (Å²) in [7, 11) is 0. The molecule has 1 aromatic rings. The lowest BCUT2D eigenvalue weighted by atomic mass is 10.3. The number of rotatable bonds is 3. The number of terminal acetylenes is 1. The van der Waals surface area contributed by atoms with Crippen molar-refractivity contribution in [3.63, 3.8) is 0 Å². The maximum absolute atomic E-state index is 5.31. The minimum atomic E-state index is 0.899. The van der Waals surface area contributed by atoms with E-state index in [9.17, 15) is 0 Å². The van der Waals surface area contributed by atoms with E-state index in [2.05, 4.69) is 11.0 Å². The highest BCUT2D eigenvalue weighted by molar-refractivity contribution is 5.22. The average Bonchev–Trinajstić information content (AvgIpc) is 2.81. The molecule has 0 aromatic carbocycles. The Balaban J connectivity index is 1.97. The lowest BCUT2D eigenvalue weighted by Gasteiger charge is -2.01. The molecule has 2 rings (SSSR count). The van der Waals surface area contributed by atoms with Gasteiger partial charge in [0.05, 0.1) is 6.20 Å². The first-order valence-corrected chi connectivity index (χ1v) is 4.38. The molecule has 1 saturated carbocycles. The molecule has 0 N–H and O–H groups in total. The molecule has 0 saturated heterocycles. The van der Waals surface area contributed by atoms with Crippen LogP contribution in [0.1, 0.15) is 25.0 Å². The molecule has 1 aliphatic rings. The largest absolute Gasteiger partial charge is 0.257 e. The van der Waals surface area contributed by atoms with Gasteiger partial charge in [-0.15, -0.1) is 6.42 Å². The summed E-state index contributed by atoms with van der Waals surface area (Å²) < 4.78 is 1.92. The van der Waals surface area contributed by atoms with Gasteiger partial charge in [0.1, 0.15) is 5.69 Å². The molecule has 0 aliphatic heterocycles. The summed E-state index contributed by atoms with van der Waals surface area (Å²) in [6, 6.07) is 1.88. The van der Waals surface area contributed by atoms with Crippen LogP contribution in [-0.2, 0) is 6.54 Å². The summed E-state index contributed by atoms with van der Waals surface area (Å²) in [4.78, 5) is 0. The Bertz CT molecular complexity index is 302. The second-order valence-corrected chi connectivity index (χ2v) is 3.32. The van der Waals surface area contributed by atoms with Crippen molar-refractivity contribution < 1.29 is 0 Å². The molecular weight excluding hydrogens is 148 g/mol. The first-order valence-electron chi connectivity index (χ1n) is 4.38. The van der Waals surface area contributed by atoms with Crippen LogP contribution in [-0.4, -0.2) is 9.78 Å². The highest BCUT2D eigenvalue weighted by Crippen LogP contribution is 2.32. The summed E-state index contributed by atoms with van der Waals surface area (Å²) in [6.07, 6.45) is 11.1. The second-order valence-electron chi connectivity index (χ2n) is 3.32. The molecule has 1 aliphatic carbocycles. The van der Waals surface area contributed by atoms with Crippen LogP contribution in [0.2, 0.25) is 0 Å². The van der Waals surface area contributed by atoms with E-state index < -0.39 is 0 Å². The molecule has 62 valence electrons. The van der Waals surface area contributed by atoms with Crippen molar-refractivity contribution in [3.8, 4) is 12.3 Å². The van der Waals surface area contributed by atoms with Gasteiger partial charge in [-0.2, -0.15) is 5.10 Å². The predicted octanol–water partition coefficient (Wildman–Crippen LogP) is 1.66. The van der Waals surface area contributed by atoms with E-state index in [1.807, 2.05) is 10.7 Å². The van der Waals surface area contributed by atoms with Gasteiger partial charge in [-0.1, -0.05) is 18.8 Å². The van der Waals surface area contributed by atoms with Gasteiger partial charge in [0.15, 0.2) is 0 Å². The fraction of sp³-hybridized carbons (Fsp3) is 0.500. The van der Waals surface area contributed by atoms with E-state index in [0.717, 1.165) is 18.2 Å². The highest BCUT2D eigenvalue weighted by atomic mass is 15.3. The average molecular weight is 160 g/mol. The molecule has 0 bridgehead atoms. The molecule has 0 spiro atoms. The smallest absolute Gasteiger partial charge is 0.110 e. The molecule has 12 heavy (non-hydrogen) atoms. The lowest BCUT2D eigenvalue weighted by Crippen LogP contribution is -2.03. The Morgan fingerprint density at radius 1 is 1.67 bits per heavy atom. The Hall–Kier alpha value is -1.23. The molecule has 2 heteroatoms. The van der Waals surface area contributed by atoms with E-state index in [4.69, 9.17) is 6.42 Å². The zero-order valence-electron chi connectivity index (χ0n) is 7.03. The van der Waals surface area contributed by atoms with Crippen LogP contribution < -0.4 is 0 Å². The van der Waals surface area contributed by atoms with Crippen molar-refractivity contribution in [3.05, 3.63) is 18.0 Å². The van der Waals surface area contributed by atoms with Crippen LogP contribution in [0.4, 0.5) is 0 Å². The Morgan fingerprint density at radius 2 is 2.50 bits per heavy atom. The van der Waals surface area contributed by atoms with Crippen LogP contribution >= 0.6 is 0 Å². The van der Waals surface area contributed by atoms with E-state index in [1.54, 1.807) is 6.20 Å². The quantitative estimate of drug-likeness (QED) is 0.615. The minimum Gasteiger partial charge on any atom is -0.257 e. The zero-order chi connectivity index (χ0) is 8.39. The summed E-state index contributed by atoms with van der Waals surface area (Å²) >= 11 is 0. The lowest BCUT2D eigenvalue weighted by molar-refractivity contribution is 0.542. The summed E-state index contributed by atoms with van der Waals surface area (Å²) in [6.45, 7) is 0.983. The van der Waals surface area contributed by atoms with Gasteiger partial charge in [-0.3, -0.25) is 4.68 Å². The van der Waals surface area contributed by atoms with Gasteiger partial charge in [-0.25, -0.2) is 0 Å². The SMILES string of the molecule is C#Cc1ccnn1CCC1CC1. The molecule has 0 amide bonds. The Labute approximate surface area is 72.6 Å². The fourth-order valence-electron chi connectivity index (χ4n) is 1.34. The highest BCUT2D eigenvalue weighted by Gasteiger charge is 2.20. The second kappa shape index (κ2) is 3.02. The van der Waals surface area contributed by atoms with Gasteiger partial charge in [0, 0.05) is 6.54 Å². The van der Waals surface area contributed by atoms with Gasteiger partial charge >= 0.3 is 0 Å². The summed E-state index contributed by atoms with van der Waals surface area (Å²) in [5.74, 6) is 3.56. The fourth-order valence-corrected chi connectivity index (χ4v) is 1.34. The van der Waals surface area contributed by atoms with Gasteiger partial charge in [-0.05, 0) is 18.4 Å². The number of hydrogen-bond acceptors (Lipinski definition) is 1. The van der Waals surface area contributed by atoms with Crippen molar-refractivity contribution in [2.45, 2.75) is 25.8 Å². The molecule has 1 aromatic heterocycles. The van der Waals surface area contributed by atoms with Gasteiger partial charge in [0.2, 0.25) is 0 Å².